The van der Waals surface area contributed by atoms with Crippen molar-refractivity contribution in [2.75, 3.05) is 5.75 Å². The standard InChI is InChI=1S/C9H11N5O2S2/c1-2-3-5-7(18-14-11-5)8-10-9(13-12-8)17-4-6(15)16/h2-4H2,1H3,(H,15,16)(H,10,12,13). The minimum absolute atomic E-state index is 0.0555. The Kier molecular flexibility index (Phi) is 4.26. The van der Waals surface area contributed by atoms with Gasteiger partial charge >= 0.3 is 5.97 Å². The van der Waals surface area contributed by atoms with E-state index >= 15 is 0 Å². The van der Waals surface area contributed by atoms with E-state index in [1.165, 1.54) is 11.5 Å². The first kappa shape index (κ1) is 13.0. The van der Waals surface area contributed by atoms with Crippen molar-refractivity contribution in [3.63, 3.8) is 0 Å². The van der Waals surface area contributed by atoms with Gasteiger partial charge in [0.15, 0.2) is 5.82 Å². The largest absolute Gasteiger partial charge is 0.481 e. The summed E-state index contributed by atoms with van der Waals surface area (Å²) in [6, 6.07) is 0. The van der Waals surface area contributed by atoms with Crippen LogP contribution in [0.4, 0.5) is 0 Å². The van der Waals surface area contributed by atoms with Crippen molar-refractivity contribution in [2.24, 2.45) is 0 Å². The lowest BCUT2D eigenvalue weighted by Gasteiger charge is -1.93. The van der Waals surface area contributed by atoms with Crippen LogP contribution in [0.25, 0.3) is 10.7 Å². The minimum atomic E-state index is -0.891. The summed E-state index contributed by atoms with van der Waals surface area (Å²) < 4.78 is 3.90. The number of aryl methyl sites for hydroxylation is 1. The summed E-state index contributed by atoms with van der Waals surface area (Å²) in [5.41, 5.74) is 0.897. The molecule has 0 aliphatic rings. The van der Waals surface area contributed by atoms with Gasteiger partial charge in [-0.1, -0.05) is 29.6 Å². The Morgan fingerprint density at radius 3 is 3.11 bits per heavy atom. The van der Waals surface area contributed by atoms with Gasteiger partial charge in [-0.3, -0.25) is 9.89 Å². The SMILES string of the molecule is CCCc1nnsc1-c1nc(SCC(=O)O)n[nH]1. The second-order valence-electron chi connectivity index (χ2n) is 3.45. The van der Waals surface area contributed by atoms with E-state index in [-0.39, 0.29) is 5.75 Å². The van der Waals surface area contributed by atoms with Crippen molar-refractivity contribution >= 4 is 29.3 Å². The number of nitrogens with zero attached hydrogens (tertiary/aromatic N) is 4. The number of H-pyrrole nitrogens is 1. The molecule has 0 aliphatic heterocycles. The summed E-state index contributed by atoms with van der Waals surface area (Å²) in [4.78, 5) is 15.5. The second kappa shape index (κ2) is 5.91. The fourth-order valence-electron chi connectivity index (χ4n) is 1.33. The van der Waals surface area contributed by atoms with Gasteiger partial charge in [-0.2, -0.15) is 0 Å². The van der Waals surface area contributed by atoms with Gasteiger partial charge in [-0.25, -0.2) is 4.98 Å². The Bertz CT molecular complexity index is 539. The molecule has 2 heterocycles. The van der Waals surface area contributed by atoms with Crippen LogP contribution in [0.15, 0.2) is 5.16 Å². The summed E-state index contributed by atoms with van der Waals surface area (Å²) in [6.07, 6.45) is 1.82. The van der Waals surface area contributed by atoms with Crippen LogP contribution in [-0.2, 0) is 11.2 Å². The van der Waals surface area contributed by atoms with Gasteiger partial charge in [-0.05, 0) is 18.0 Å². The summed E-state index contributed by atoms with van der Waals surface area (Å²) in [6.45, 7) is 2.07. The predicted molar refractivity (Wildman–Crippen MR) is 67.6 cm³/mol. The number of carbonyl (C=O) groups is 1. The zero-order chi connectivity index (χ0) is 13.0. The Hall–Kier alpha value is -1.48. The first-order valence-corrected chi connectivity index (χ1v) is 7.05. The highest BCUT2D eigenvalue weighted by atomic mass is 32.2. The molecule has 0 unspecified atom stereocenters. The molecule has 0 amide bonds. The molecular formula is C9H11N5O2S2. The van der Waals surface area contributed by atoms with Crippen molar-refractivity contribution in [1.82, 2.24) is 24.8 Å². The minimum Gasteiger partial charge on any atom is -0.481 e. The predicted octanol–water partition coefficient (Wildman–Crippen LogP) is 1.45. The van der Waals surface area contributed by atoms with Gasteiger partial charge in [0.05, 0.1) is 11.4 Å². The number of aromatic nitrogens is 5. The molecule has 2 rings (SSSR count). The fraction of sp³-hybridized carbons (Fsp3) is 0.444. The highest BCUT2D eigenvalue weighted by Crippen LogP contribution is 2.25. The quantitative estimate of drug-likeness (QED) is 0.774. The van der Waals surface area contributed by atoms with Crippen molar-refractivity contribution in [1.29, 1.82) is 0 Å². The first-order chi connectivity index (χ1) is 8.70. The maximum absolute atomic E-state index is 10.4. The smallest absolute Gasteiger partial charge is 0.313 e. The number of carboxylic acids is 1. The van der Waals surface area contributed by atoms with Gasteiger partial charge in [-0.15, -0.1) is 10.2 Å². The van der Waals surface area contributed by atoms with E-state index in [2.05, 4.69) is 31.7 Å². The third-order valence-electron chi connectivity index (χ3n) is 2.05. The number of hydrogen-bond donors (Lipinski definition) is 2. The Balaban J connectivity index is 2.13. The molecule has 96 valence electrons. The molecule has 2 N–H and O–H groups in total. The number of nitrogens with one attached hydrogen (secondary N) is 1. The van der Waals surface area contributed by atoms with Crippen molar-refractivity contribution in [3.05, 3.63) is 5.69 Å². The van der Waals surface area contributed by atoms with Crippen molar-refractivity contribution in [3.8, 4) is 10.7 Å². The molecule has 0 saturated carbocycles. The Morgan fingerprint density at radius 1 is 1.56 bits per heavy atom. The lowest BCUT2D eigenvalue weighted by atomic mass is 10.2. The van der Waals surface area contributed by atoms with Crippen LogP contribution in [0.5, 0.6) is 0 Å². The van der Waals surface area contributed by atoms with Gasteiger partial charge in [0.1, 0.15) is 4.88 Å². The van der Waals surface area contributed by atoms with E-state index in [9.17, 15) is 4.79 Å². The van der Waals surface area contributed by atoms with Crippen LogP contribution in [-0.4, -0.2) is 41.6 Å². The lowest BCUT2D eigenvalue weighted by molar-refractivity contribution is -0.133. The van der Waals surface area contributed by atoms with Crippen molar-refractivity contribution in [2.45, 2.75) is 24.9 Å². The lowest BCUT2D eigenvalue weighted by Crippen LogP contribution is -1.97. The highest BCUT2D eigenvalue weighted by Gasteiger charge is 2.14. The molecular weight excluding hydrogens is 274 g/mol. The monoisotopic (exact) mass is 285 g/mol. The average Bonchev–Trinajstić information content (AvgIpc) is 2.94. The zero-order valence-electron chi connectivity index (χ0n) is 9.58. The zero-order valence-corrected chi connectivity index (χ0v) is 11.2. The van der Waals surface area contributed by atoms with E-state index in [1.54, 1.807) is 0 Å². The number of aromatic amines is 1. The second-order valence-corrected chi connectivity index (χ2v) is 5.14. The van der Waals surface area contributed by atoms with Crippen molar-refractivity contribution < 1.29 is 9.90 Å². The van der Waals surface area contributed by atoms with Gasteiger partial charge in [0, 0.05) is 0 Å². The molecule has 0 bridgehead atoms. The maximum Gasteiger partial charge on any atom is 0.313 e. The van der Waals surface area contributed by atoms with E-state index in [4.69, 9.17) is 5.11 Å². The number of thioether (sulfide) groups is 1. The van der Waals surface area contributed by atoms with E-state index in [1.807, 2.05) is 0 Å². The third-order valence-corrected chi connectivity index (χ3v) is 3.65. The maximum atomic E-state index is 10.4. The molecule has 0 aliphatic carbocycles. The fourth-order valence-corrected chi connectivity index (χ4v) is 2.49. The number of hydrogen-bond acceptors (Lipinski definition) is 7. The summed E-state index contributed by atoms with van der Waals surface area (Å²) in [7, 11) is 0. The molecule has 0 radical (unpaired) electrons. The van der Waals surface area contributed by atoms with Crippen LogP contribution < -0.4 is 0 Å². The Morgan fingerprint density at radius 2 is 2.39 bits per heavy atom. The molecule has 2 aromatic rings. The molecule has 7 nitrogen and oxygen atoms in total. The summed E-state index contributed by atoms with van der Waals surface area (Å²) in [5.74, 6) is -0.348. The normalized spacial score (nSPS) is 10.7. The van der Waals surface area contributed by atoms with Gasteiger partial charge in [0.2, 0.25) is 5.16 Å². The highest BCUT2D eigenvalue weighted by molar-refractivity contribution is 7.99. The summed E-state index contributed by atoms with van der Waals surface area (Å²) >= 11 is 2.34. The average molecular weight is 285 g/mol. The van der Waals surface area contributed by atoms with Crippen LogP contribution >= 0.6 is 23.3 Å². The van der Waals surface area contributed by atoms with Crippen LogP contribution in [0, 0.1) is 0 Å². The third kappa shape index (κ3) is 3.05. The van der Waals surface area contributed by atoms with Crippen LogP contribution in [0.2, 0.25) is 0 Å². The Labute approximate surface area is 111 Å². The molecule has 2 aromatic heterocycles. The topological polar surface area (TPSA) is 105 Å². The molecule has 0 aromatic carbocycles. The molecule has 18 heavy (non-hydrogen) atoms. The first-order valence-electron chi connectivity index (χ1n) is 5.29. The van der Waals surface area contributed by atoms with Gasteiger partial charge in [0.25, 0.3) is 0 Å². The van der Waals surface area contributed by atoms with E-state index < -0.39 is 5.97 Å². The molecule has 0 spiro atoms. The van der Waals surface area contributed by atoms with E-state index in [0.29, 0.717) is 11.0 Å². The number of aliphatic carboxylic acids is 1. The molecule has 9 heteroatoms. The van der Waals surface area contributed by atoms with Crippen LogP contribution in [0.3, 0.4) is 0 Å². The van der Waals surface area contributed by atoms with Gasteiger partial charge < -0.3 is 5.11 Å². The molecule has 0 atom stereocenters. The molecule has 0 fully saturated rings. The molecule has 0 saturated heterocycles. The summed E-state index contributed by atoms with van der Waals surface area (Å²) in [5, 5.41) is 19.8. The van der Waals surface area contributed by atoms with E-state index in [0.717, 1.165) is 35.2 Å². The van der Waals surface area contributed by atoms with Crippen LogP contribution in [0.1, 0.15) is 19.0 Å². The number of carboxylic acid groups (broad SMARTS) is 1. The number of rotatable bonds is 6.